The molecule has 2 rings (SSSR count). The van der Waals surface area contributed by atoms with Gasteiger partial charge in [-0.1, -0.05) is 12.6 Å². The van der Waals surface area contributed by atoms with Gasteiger partial charge in [0, 0.05) is 18.7 Å². The van der Waals surface area contributed by atoms with Crippen molar-refractivity contribution < 1.29 is 0 Å². The van der Waals surface area contributed by atoms with Crippen molar-refractivity contribution in [3.05, 3.63) is 16.9 Å². The van der Waals surface area contributed by atoms with Gasteiger partial charge in [-0.15, -0.1) is 0 Å². The van der Waals surface area contributed by atoms with Crippen molar-refractivity contribution in [3.8, 4) is 5.97 Å². The van der Waals surface area contributed by atoms with Crippen molar-refractivity contribution in [2.75, 3.05) is 0 Å². The summed E-state index contributed by atoms with van der Waals surface area (Å²) in [4.78, 5) is 0. The molecule has 1 saturated heterocycles. The molecule has 5 heteroatoms. The predicted molar refractivity (Wildman–Crippen MR) is 54.4 cm³/mol. The van der Waals surface area contributed by atoms with Crippen molar-refractivity contribution in [2.24, 2.45) is 5.92 Å². The third kappa shape index (κ3) is 1.94. The van der Waals surface area contributed by atoms with Crippen LogP contribution in [0.3, 0.4) is 0 Å². The van der Waals surface area contributed by atoms with Gasteiger partial charge in [0.15, 0.2) is 0 Å². The molecule has 0 spiro atoms. The second-order valence-corrected chi connectivity index (χ2v) is 4.46. The quantitative estimate of drug-likeness (QED) is 0.737. The normalized spacial score (nSPS) is 16.8. The van der Waals surface area contributed by atoms with E-state index in [1.54, 1.807) is 6.20 Å². The van der Waals surface area contributed by atoms with Crippen LogP contribution in [0.5, 0.6) is 0 Å². The molecule has 0 amide bonds. The van der Waals surface area contributed by atoms with E-state index in [0.717, 1.165) is 23.7 Å². The van der Waals surface area contributed by atoms with Crippen molar-refractivity contribution in [2.45, 2.75) is 19.2 Å². The lowest BCUT2D eigenvalue weighted by Crippen LogP contribution is -2.32. The molecule has 13 heavy (non-hydrogen) atoms. The average molecular weight is 238 g/mol. The molecule has 0 N–H and O–H groups in total. The first kappa shape index (κ1) is 8.83. The fourth-order valence-electron chi connectivity index (χ4n) is 1.69. The summed E-state index contributed by atoms with van der Waals surface area (Å²) >= 11 is 3.35. The lowest BCUT2D eigenvalue weighted by atomic mass is 9.33. The van der Waals surface area contributed by atoms with Crippen molar-refractivity contribution in [1.82, 2.24) is 9.78 Å². The molecule has 0 bridgehead atoms. The van der Waals surface area contributed by atoms with Gasteiger partial charge in [-0.3, -0.25) is 4.68 Å². The Hall–Kier alpha value is -0.755. The van der Waals surface area contributed by atoms with Gasteiger partial charge in [-0.2, -0.15) is 5.10 Å². The Bertz CT molecular complexity index is 337. The Kier molecular flexibility index (Phi) is 2.41. The molecule has 1 aromatic rings. The summed E-state index contributed by atoms with van der Waals surface area (Å²) in [6.45, 7) is 1.24. The molecule has 1 fully saturated rings. The highest BCUT2D eigenvalue weighted by Crippen LogP contribution is 2.29. The van der Waals surface area contributed by atoms with E-state index in [2.05, 4.69) is 27.0 Å². The molecular formula is C8H9BBrN3. The number of nitrogens with zero attached hydrogens (tertiary/aromatic N) is 3. The second kappa shape index (κ2) is 3.55. The Labute approximate surface area is 85.9 Å². The first-order chi connectivity index (χ1) is 6.28. The Morgan fingerprint density at radius 2 is 2.54 bits per heavy atom. The van der Waals surface area contributed by atoms with Gasteiger partial charge in [0.2, 0.25) is 0 Å². The van der Waals surface area contributed by atoms with Crippen LogP contribution in [0, 0.1) is 17.1 Å². The third-order valence-electron chi connectivity index (χ3n) is 2.47. The van der Waals surface area contributed by atoms with Crippen LogP contribution in [-0.2, 0) is 6.54 Å². The van der Waals surface area contributed by atoms with Crippen LogP contribution in [0.25, 0.3) is 0 Å². The highest BCUT2D eigenvalue weighted by molar-refractivity contribution is 9.10. The fourth-order valence-corrected chi connectivity index (χ4v) is 2.02. The summed E-state index contributed by atoms with van der Waals surface area (Å²) in [6.07, 6.45) is 5.84. The lowest BCUT2D eigenvalue weighted by molar-refractivity contribution is 0.450. The largest absolute Gasteiger partial charge is 0.271 e. The maximum atomic E-state index is 8.59. The van der Waals surface area contributed by atoms with E-state index in [9.17, 15) is 0 Å². The summed E-state index contributed by atoms with van der Waals surface area (Å²) in [5.41, 5.74) is 0. The van der Waals surface area contributed by atoms with Gasteiger partial charge in [-0.05, 0) is 21.8 Å². The molecule has 0 unspecified atom stereocenters. The number of hydrogen-bond donors (Lipinski definition) is 0. The summed E-state index contributed by atoms with van der Waals surface area (Å²) in [5, 5.41) is 12.8. The molecule has 0 saturated carbocycles. The topological polar surface area (TPSA) is 41.6 Å². The Morgan fingerprint density at radius 1 is 1.77 bits per heavy atom. The molecule has 0 atom stereocenters. The predicted octanol–water partition coefficient (Wildman–Crippen LogP) is 1.83. The highest BCUT2D eigenvalue weighted by atomic mass is 79.9. The summed E-state index contributed by atoms with van der Waals surface area (Å²) < 4.78 is 2.95. The van der Waals surface area contributed by atoms with E-state index in [1.807, 2.05) is 10.9 Å². The highest BCUT2D eigenvalue weighted by Gasteiger charge is 2.33. The van der Waals surface area contributed by atoms with Crippen LogP contribution in [-0.4, -0.2) is 16.5 Å². The molecule has 0 aliphatic carbocycles. The van der Waals surface area contributed by atoms with Crippen LogP contribution in [0.4, 0.5) is 0 Å². The molecule has 2 heterocycles. The minimum Gasteiger partial charge on any atom is -0.271 e. The van der Waals surface area contributed by atoms with E-state index in [4.69, 9.17) is 5.26 Å². The number of nitriles is 1. The van der Waals surface area contributed by atoms with Gasteiger partial charge < -0.3 is 0 Å². The molecule has 3 nitrogen and oxygen atoms in total. The minimum absolute atomic E-state index is 0.295. The van der Waals surface area contributed by atoms with Gasteiger partial charge in [-0.25, -0.2) is 5.26 Å². The lowest BCUT2D eigenvalue weighted by Gasteiger charge is -2.27. The SMILES string of the molecule is N#CB1CC(Cn2cc(Br)cn2)C1. The smallest absolute Gasteiger partial charge is 0.268 e. The Balaban J connectivity index is 1.85. The number of rotatable bonds is 2. The zero-order valence-corrected chi connectivity index (χ0v) is 8.74. The monoisotopic (exact) mass is 237 g/mol. The number of aromatic nitrogens is 2. The average Bonchev–Trinajstić information content (AvgIpc) is 2.43. The van der Waals surface area contributed by atoms with Gasteiger partial charge in [0.1, 0.15) is 0 Å². The van der Waals surface area contributed by atoms with E-state index < -0.39 is 0 Å². The van der Waals surface area contributed by atoms with Crippen LogP contribution in [0.1, 0.15) is 0 Å². The molecule has 66 valence electrons. The van der Waals surface area contributed by atoms with Crippen molar-refractivity contribution >= 4 is 22.6 Å². The van der Waals surface area contributed by atoms with Crippen molar-refractivity contribution in [1.29, 1.82) is 5.26 Å². The van der Waals surface area contributed by atoms with Crippen LogP contribution in [0.2, 0.25) is 12.6 Å². The van der Waals surface area contributed by atoms with E-state index in [0.29, 0.717) is 12.6 Å². The number of halogens is 1. The summed E-state index contributed by atoms with van der Waals surface area (Å²) in [5.74, 6) is 2.93. The Morgan fingerprint density at radius 3 is 3.08 bits per heavy atom. The molecule has 1 aliphatic heterocycles. The summed E-state index contributed by atoms with van der Waals surface area (Å²) in [6, 6.07) is 0. The second-order valence-electron chi connectivity index (χ2n) is 3.54. The van der Waals surface area contributed by atoms with Gasteiger partial charge in [0.25, 0.3) is 6.71 Å². The zero-order chi connectivity index (χ0) is 9.26. The van der Waals surface area contributed by atoms with Gasteiger partial charge >= 0.3 is 0 Å². The molecule has 0 aromatic carbocycles. The molecule has 1 aromatic heterocycles. The number of hydrogen-bond acceptors (Lipinski definition) is 2. The first-order valence-corrected chi connectivity index (χ1v) is 5.15. The van der Waals surface area contributed by atoms with Crippen LogP contribution >= 0.6 is 15.9 Å². The maximum Gasteiger partial charge on any atom is 0.268 e. The summed E-state index contributed by atoms with van der Waals surface area (Å²) in [7, 11) is 0. The standard InChI is InChI=1S/C8H9BBrN3/c10-8-3-12-13(5-8)4-7-1-9(2-7)6-11/h3,5,7H,1-2,4H2. The fraction of sp³-hybridized carbons (Fsp3) is 0.500. The first-order valence-electron chi connectivity index (χ1n) is 4.35. The van der Waals surface area contributed by atoms with Crippen LogP contribution < -0.4 is 0 Å². The molecular weight excluding hydrogens is 229 g/mol. The minimum atomic E-state index is 0.295. The third-order valence-corrected chi connectivity index (χ3v) is 2.87. The molecule has 1 aliphatic rings. The van der Waals surface area contributed by atoms with Gasteiger partial charge in [0.05, 0.1) is 10.7 Å². The molecule has 0 radical (unpaired) electrons. The van der Waals surface area contributed by atoms with Crippen molar-refractivity contribution in [3.63, 3.8) is 0 Å². The van der Waals surface area contributed by atoms with E-state index in [-0.39, 0.29) is 0 Å². The maximum absolute atomic E-state index is 8.59. The van der Waals surface area contributed by atoms with E-state index >= 15 is 0 Å². The van der Waals surface area contributed by atoms with Crippen LogP contribution in [0.15, 0.2) is 16.9 Å². The van der Waals surface area contributed by atoms with E-state index in [1.165, 1.54) is 0 Å². The zero-order valence-electron chi connectivity index (χ0n) is 7.15.